The maximum absolute atomic E-state index is 12.2. The molecule has 6 heteroatoms. The van der Waals surface area contributed by atoms with E-state index in [9.17, 15) is 4.79 Å². The molecule has 0 spiro atoms. The third-order valence-electron chi connectivity index (χ3n) is 3.56. The Morgan fingerprint density at radius 1 is 1.04 bits per heavy atom. The monoisotopic (exact) mass is 334 g/mol. The largest absolute Gasteiger partial charge is 0.497 e. The summed E-state index contributed by atoms with van der Waals surface area (Å²) in [5.41, 5.74) is 2.34. The molecule has 2 aromatic heterocycles. The Labute approximate surface area is 145 Å². The van der Waals surface area contributed by atoms with Crippen LogP contribution in [0.2, 0.25) is 0 Å². The van der Waals surface area contributed by atoms with Crippen molar-refractivity contribution >= 4 is 17.4 Å². The van der Waals surface area contributed by atoms with Crippen LogP contribution in [0.25, 0.3) is 0 Å². The van der Waals surface area contributed by atoms with Crippen LogP contribution in [0.4, 0.5) is 11.5 Å². The quantitative estimate of drug-likeness (QED) is 0.723. The van der Waals surface area contributed by atoms with Gasteiger partial charge in [-0.25, -0.2) is 4.98 Å². The molecule has 0 aliphatic heterocycles. The molecule has 0 fully saturated rings. The van der Waals surface area contributed by atoms with Crippen molar-refractivity contribution in [2.24, 2.45) is 0 Å². The lowest BCUT2D eigenvalue weighted by molar-refractivity contribution is 0.102. The smallest absolute Gasteiger partial charge is 0.256 e. The van der Waals surface area contributed by atoms with E-state index in [0.717, 1.165) is 11.4 Å². The maximum atomic E-state index is 12.2. The number of hydrogen-bond acceptors (Lipinski definition) is 5. The van der Waals surface area contributed by atoms with E-state index in [0.29, 0.717) is 23.7 Å². The summed E-state index contributed by atoms with van der Waals surface area (Å²) >= 11 is 0. The third-order valence-corrected chi connectivity index (χ3v) is 3.56. The highest BCUT2D eigenvalue weighted by atomic mass is 16.5. The standard InChI is InChI=1S/C19H18N4O2/c1-25-17-8-5-14(6-9-17)19(24)23-18-10-7-16(13-22-18)21-12-15-4-2-3-11-20-15/h2-11,13,21H,12H2,1H3,(H,22,23,24). The number of nitrogens with one attached hydrogen (secondary N) is 2. The fraction of sp³-hybridized carbons (Fsp3) is 0.105. The Morgan fingerprint density at radius 2 is 1.88 bits per heavy atom. The number of amides is 1. The van der Waals surface area contributed by atoms with E-state index < -0.39 is 0 Å². The average molecular weight is 334 g/mol. The number of hydrogen-bond donors (Lipinski definition) is 2. The van der Waals surface area contributed by atoms with Crippen molar-refractivity contribution in [2.45, 2.75) is 6.54 Å². The van der Waals surface area contributed by atoms with Gasteiger partial charge >= 0.3 is 0 Å². The van der Waals surface area contributed by atoms with Gasteiger partial charge in [0.25, 0.3) is 5.91 Å². The fourth-order valence-corrected chi connectivity index (χ4v) is 2.20. The number of carbonyl (C=O) groups is 1. The van der Waals surface area contributed by atoms with Gasteiger partial charge in [0.2, 0.25) is 0 Å². The summed E-state index contributed by atoms with van der Waals surface area (Å²) < 4.78 is 5.08. The Balaban J connectivity index is 1.57. The van der Waals surface area contributed by atoms with Crippen LogP contribution in [-0.2, 0) is 6.54 Å². The van der Waals surface area contributed by atoms with E-state index in [1.807, 2.05) is 24.3 Å². The summed E-state index contributed by atoms with van der Waals surface area (Å²) in [6.07, 6.45) is 3.43. The number of rotatable bonds is 6. The second kappa shape index (κ2) is 7.92. The van der Waals surface area contributed by atoms with Crippen LogP contribution in [0, 0.1) is 0 Å². The van der Waals surface area contributed by atoms with E-state index >= 15 is 0 Å². The molecule has 2 heterocycles. The van der Waals surface area contributed by atoms with Crippen molar-refractivity contribution in [3.63, 3.8) is 0 Å². The minimum atomic E-state index is -0.218. The minimum absolute atomic E-state index is 0.218. The van der Waals surface area contributed by atoms with Gasteiger partial charge in [-0.3, -0.25) is 9.78 Å². The van der Waals surface area contributed by atoms with E-state index in [4.69, 9.17) is 4.74 Å². The zero-order chi connectivity index (χ0) is 17.5. The molecule has 0 radical (unpaired) electrons. The Bertz CT molecular complexity index is 818. The average Bonchev–Trinajstić information content (AvgIpc) is 2.68. The minimum Gasteiger partial charge on any atom is -0.497 e. The summed E-state index contributed by atoms with van der Waals surface area (Å²) in [5, 5.41) is 6.00. The number of aromatic nitrogens is 2. The lowest BCUT2D eigenvalue weighted by Crippen LogP contribution is -2.13. The molecule has 25 heavy (non-hydrogen) atoms. The number of carbonyl (C=O) groups excluding carboxylic acids is 1. The summed E-state index contributed by atoms with van der Waals surface area (Å²) in [6, 6.07) is 16.3. The van der Waals surface area contributed by atoms with Gasteiger partial charge in [0.15, 0.2) is 0 Å². The normalized spacial score (nSPS) is 10.1. The van der Waals surface area contributed by atoms with Crippen molar-refractivity contribution in [2.75, 3.05) is 17.7 Å². The molecule has 0 aliphatic rings. The highest BCUT2D eigenvalue weighted by Crippen LogP contribution is 2.14. The Hall–Kier alpha value is -3.41. The zero-order valence-electron chi connectivity index (χ0n) is 13.8. The molecule has 0 saturated carbocycles. The van der Waals surface area contributed by atoms with Gasteiger partial charge < -0.3 is 15.4 Å². The molecular formula is C19H18N4O2. The van der Waals surface area contributed by atoms with Gasteiger partial charge in [-0.15, -0.1) is 0 Å². The van der Waals surface area contributed by atoms with Crippen LogP contribution >= 0.6 is 0 Å². The first-order valence-electron chi connectivity index (χ1n) is 7.80. The van der Waals surface area contributed by atoms with Crippen molar-refractivity contribution in [3.05, 3.63) is 78.2 Å². The maximum Gasteiger partial charge on any atom is 0.256 e. The second-order valence-corrected chi connectivity index (χ2v) is 5.29. The third kappa shape index (κ3) is 4.54. The summed E-state index contributed by atoms with van der Waals surface area (Å²) in [7, 11) is 1.59. The van der Waals surface area contributed by atoms with Crippen molar-refractivity contribution in [1.29, 1.82) is 0 Å². The van der Waals surface area contributed by atoms with Crippen LogP contribution in [0.5, 0.6) is 5.75 Å². The first-order valence-corrected chi connectivity index (χ1v) is 7.80. The molecule has 0 saturated heterocycles. The molecule has 0 atom stereocenters. The van der Waals surface area contributed by atoms with E-state index in [2.05, 4.69) is 20.6 Å². The molecule has 6 nitrogen and oxygen atoms in total. The van der Waals surface area contributed by atoms with Crippen molar-refractivity contribution in [3.8, 4) is 5.75 Å². The first kappa shape index (κ1) is 16.4. The molecule has 0 aliphatic carbocycles. The molecule has 126 valence electrons. The Morgan fingerprint density at radius 3 is 2.52 bits per heavy atom. The van der Waals surface area contributed by atoms with Crippen LogP contribution in [0.1, 0.15) is 16.1 Å². The van der Waals surface area contributed by atoms with Crippen molar-refractivity contribution in [1.82, 2.24) is 9.97 Å². The number of anilines is 2. The van der Waals surface area contributed by atoms with E-state index in [1.165, 1.54) is 0 Å². The molecule has 3 aromatic rings. The zero-order valence-corrected chi connectivity index (χ0v) is 13.8. The van der Waals surface area contributed by atoms with Crippen LogP contribution in [-0.4, -0.2) is 23.0 Å². The van der Waals surface area contributed by atoms with Gasteiger partial charge in [0.1, 0.15) is 11.6 Å². The molecular weight excluding hydrogens is 316 g/mol. The predicted octanol–water partition coefficient (Wildman–Crippen LogP) is 3.35. The molecule has 1 aromatic carbocycles. The predicted molar refractivity (Wildman–Crippen MR) is 96.7 cm³/mol. The van der Waals surface area contributed by atoms with Gasteiger partial charge in [-0.1, -0.05) is 6.07 Å². The van der Waals surface area contributed by atoms with E-state index in [-0.39, 0.29) is 5.91 Å². The summed E-state index contributed by atoms with van der Waals surface area (Å²) in [5.74, 6) is 0.978. The second-order valence-electron chi connectivity index (χ2n) is 5.29. The lowest BCUT2D eigenvalue weighted by atomic mass is 10.2. The van der Waals surface area contributed by atoms with Crippen molar-refractivity contribution < 1.29 is 9.53 Å². The number of pyridine rings is 2. The molecule has 2 N–H and O–H groups in total. The van der Waals surface area contributed by atoms with Gasteiger partial charge in [0, 0.05) is 11.8 Å². The number of nitrogens with zero attached hydrogens (tertiary/aromatic N) is 2. The topological polar surface area (TPSA) is 76.1 Å². The highest BCUT2D eigenvalue weighted by Gasteiger charge is 2.07. The van der Waals surface area contributed by atoms with Gasteiger partial charge in [-0.05, 0) is 48.5 Å². The molecule has 0 bridgehead atoms. The summed E-state index contributed by atoms with van der Waals surface area (Å²) in [4.78, 5) is 20.7. The highest BCUT2D eigenvalue weighted by molar-refractivity contribution is 6.03. The number of benzene rings is 1. The van der Waals surface area contributed by atoms with Crippen LogP contribution in [0.15, 0.2) is 67.0 Å². The number of ether oxygens (including phenoxy) is 1. The molecule has 1 amide bonds. The molecule has 3 rings (SSSR count). The molecule has 0 unspecified atom stereocenters. The Kier molecular flexibility index (Phi) is 5.21. The van der Waals surface area contributed by atoms with Gasteiger partial charge in [0.05, 0.1) is 31.2 Å². The lowest BCUT2D eigenvalue weighted by Gasteiger charge is -2.08. The van der Waals surface area contributed by atoms with Crippen LogP contribution in [0.3, 0.4) is 0 Å². The summed E-state index contributed by atoms with van der Waals surface area (Å²) in [6.45, 7) is 0.611. The first-order chi connectivity index (χ1) is 12.2. The van der Waals surface area contributed by atoms with Crippen LogP contribution < -0.4 is 15.4 Å². The SMILES string of the molecule is COc1ccc(C(=O)Nc2ccc(NCc3ccccn3)cn2)cc1. The van der Waals surface area contributed by atoms with E-state index in [1.54, 1.807) is 49.8 Å². The fourth-order valence-electron chi connectivity index (χ4n) is 2.20. The number of methoxy groups -OCH3 is 1. The van der Waals surface area contributed by atoms with Gasteiger partial charge in [-0.2, -0.15) is 0 Å².